The van der Waals surface area contributed by atoms with Gasteiger partial charge in [0.1, 0.15) is 5.69 Å². The van der Waals surface area contributed by atoms with Crippen molar-refractivity contribution < 1.29 is 8.42 Å². The Morgan fingerprint density at radius 3 is 2.77 bits per heavy atom. The average Bonchev–Trinajstić information content (AvgIpc) is 2.83. The predicted octanol–water partition coefficient (Wildman–Crippen LogP) is 1.23. The number of hydrogen-bond acceptors (Lipinski definition) is 8. The van der Waals surface area contributed by atoms with Crippen LogP contribution in [0.25, 0.3) is 10.2 Å². The number of aromatic nitrogens is 4. The van der Waals surface area contributed by atoms with Crippen LogP contribution in [0.1, 0.15) is 5.69 Å². The second-order valence-electron chi connectivity index (χ2n) is 4.62. The number of hydrogen-bond donors (Lipinski definition) is 2. The van der Waals surface area contributed by atoms with Crippen LogP contribution < -0.4 is 11.0 Å². The largest absolute Gasteiger partial charge is 0.363 e. The molecule has 0 saturated carbocycles. The van der Waals surface area contributed by atoms with E-state index in [1.54, 1.807) is 19.1 Å². The summed E-state index contributed by atoms with van der Waals surface area (Å²) < 4.78 is 23.9. The van der Waals surface area contributed by atoms with Crippen LogP contribution in [0.5, 0.6) is 0 Å². The average molecular weight is 337 g/mol. The molecule has 0 unspecified atom stereocenters. The summed E-state index contributed by atoms with van der Waals surface area (Å²) in [6.07, 6.45) is 1.16. The first-order valence-electron chi connectivity index (χ1n) is 6.14. The molecule has 1 aromatic carbocycles. The fourth-order valence-corrected chi connectivity index (χ4v) is 3.43. The van der Waals surface area contributed by atoms with Gasteiger partial charge < -0.3 is 5.32 Å². The predicted molar refractivity (Wildman–Crippen MR) is 83.4 cm³/mol. The molecule has 0 amide bonds. The van der Waals surface area contributed by atoms with Crippen molar-refractivity contribution >= 4 is 42.3 Å². The van der Waals surface area contributed by atoms with Gasteiger partial charge in [-0.05, 0) is 25.1 Å². The molecule has 0 saturated heterocycles. The monoisotopic (exact) mass is 337 g/mol. The van der Waals surface area contributed by atoms with Crippen molar-refractivity contribution in [2.45, 2.75) is 11.8 Å². The summed E-state index contributed by atoms with van der Waals surface area (Å²) in [5.74, 6) is 0.311. The van der Waals surface area contributed by atoms with Crippen LogP contribution in [0.3, 0.4) is 0 Å². The van der Waals surface area contributed by atoms with Crippen molar-refractivity contribution in [1.29, 1.82) is 0 Å². The van der Waals surface area contributed by atoms with Crippen LogP contribution in [0, 0.1) is 6.92 Å². The molecule has 3 rings (SSSR count). The third-order valence-electron chi connectivity index (χ3n) is 2.89. The minimum Gasteiger partial charge on any atom is -0.314 e. The molecular formula is C12H11N5O3S2. The van der Waals surface area contributed by atoms with Gasteiger partial charge in [-0.15, -0.1) is 0 Å². The van der Waals surface area contributed by atoms with E-state index in [0.29, 0.717) is 22.2 Å². The number of H-pyrrole nitrogens is 1. The molecular weight excluding hydrogens is 326 g/mol. The summed E-state index contributed by atoms with van der Waals surface area (Å²) in [6.45, 7) is 1.69. The van der Waals surface area contributed by atoms with Crippen molar-refractivity contribution in [1.82, 2.24) is 20.2 Å². The number of benzene rings is 1. The highest BCUT2D eigenvalue weighted by Gasteiger charge is 2.12. The first-order valence-corrected chi connectivity index (χ1v) is 8.85. The highest BCUT2D eigenvalue weighted by atomic mass is 32.2. The Hall–Kier alpha value is -2.33. The number of nitrogens with zero attached hydrogens (tertiary/aromatic N) is 3. The summed E-state index contributed by atoms with van der Waals surface area (Å²) in [7, 11) is -3.27. The molecule has 2 heterocycles. The summed E-state index contributed by atoms with van der Waals surface area (Å²) >= 11 is 1.27. The van der Waals surface area contributed by atoms with Crippen molar-refractivity contribution in [3.8, 4) is 0 Å². The van der Waals surface area contributed by atoms with Gasteiger partial charge in [0.2, 0.25) is 0 Å². The molecule has 0 aliphatic carbocycles. The molecule has 0 spiro atoms. The van der Waals surface area contributed by atoms with Gasteiger partial charge in [0.05, 0.1) is 15.1 Å². The Kier molecular flexibility index (Phi) is 3.41. The maximum atomic E-state index is 11.6. The van der Waals surface area contributed by atoms with Crippen LogP contribution in [-0.2, 0) is 9.84 Å². The lowest BCUT2D eigenvalue weighted by Gasteiger charge is -2.01. The highest BCUT2D eigenvalue weighted by Crippen LogP contribution is 2.29. The Morgan fingerprint density at radius 2 is 2.05 bits per heavy atom. The summed E-state index contributed by atoms with van der Waals surface area (Å²) in [5, 5.41) is 9.47. The molecule has 10 heteroatoms. The number of nitrogens with one attached hydrogen (secondary N) is 2. The van der Waals surface area contributed by atoms with E-state index in [2.05, 4.69) is 25.5 Å². The third-order valence-corrected chi connectivity index (χ3v) is 4.93. The highest BCUT2D eigenvalue weighted by molar-refractivity contribution is 7.90. The molecule has 0 radical (unpaired) electrons. The van der Waals surface area contributed by atoms with Gasteiger partial charge in [-0.3, -0.25) is 0 Å². The molecule has 0 bridgehead atoms. The summed E-state index contributed by atoms with van der Waals surface area (Å²) in [6, 6.07) is 4.73. The number of aryl methyl sites for hydroxylation is 1. The van der Waals surface area contributed by atoms with Crippen molar-refractivity contribution in [2.24, 2.45) is 0 Å². The molecule has 0 aliphatic heterocycles. The van der Waals surface area contributed by atoms with Gasteiger partial charge in [0, 0.05) is 6.26 Å². The smallest absolute Gasteiger partial charge is 0.314 e. The van der Waals surface area contributed by atoms with Gasteiger partial charge in [0.15, 0.2) is 20.8 Å². The van der Waals surface area contributed by atoms with Gasteiger partial charge in [-0.1, -0.05) is 11.3 Å². The van der Waals surface area contributed by atoms with Crippen LogP contribution in [0.15, 0.2) is 27.9 Å². The Labute approximate surface area is 129 Å². The number of aromatic amines is 1. The Morgan fingerprint density at radius 1 is 1.27 bits per heavy atom. The minimum atomic E-state index is -3.27. The van der Waals surface area contributed by atoms with Gasteiger partial charge in [-0.25, -0.2) is 23.3 Å². The fraction of sp³-hybridized carbons (Fsp3) is 0.167. The number of rotatable bonds is 3. The SMILES string of the molecule is Cc1n[nH]c(=O)nc1Nc1nc2ccc(S(C)(=O)=O)cc2s1. The van der Waals surface area contributed by atoms with Crippen molar-refractivity contribution in [3.05, 3.63) is 34.4 Å². The zero-order valence-electron chi connectivity index (χ0n) is 11.6. The van der Waals surface area contributed by atoms with Crippen LogP contribution in [0.2, 0.25) is 0 Å². The maximum absolute atomic E-state index is 11.6. The lowest BCUT2D eigenvalue weighted by atomic mass is 10.3. The standard InChI is InChI=1S/C12H11N5O3S2/c1-6-10(14-11(18)17-16-6)15-12-13-8-4-3-7(22(2,19)20)5-9(8)21-12/h3-5H,1-2H3,(H2,13,14,15,17,18). The Bertz CT molecular complexity index is 1020. The quantitative estimate of drug-likeness (QED) is 0.738. The van der Waals surface area contributed by atoms with Gasteiger partial charge >= 0.3 is 5.69 Å². The molecule has 2 N–H and O–H groups in total. The third kappa shape index (κ3) is 2.83. The molecule has 3 aromatic rings. The number of fused-ring (bicyclic) bond motifs is 1. The maximum Gasteiger partial charge on any atom is 0.363 e. The summed E-state index contributed by atoms with van der Waals surface area (Å²) in [5.41, 5.74) is 0.625. The van der Waals surface area contributed by atoms with Crippen molar-refractivity contribution in [2.75, 3.05) is 11.6 Å². The van der Waals surface area contributed by atoms with Crippen LogP contribution >= 0.6 is 11.3 Å². The molecule has 0 fully saturated rings. The first-order chi connectivity index (χ1) is 10.3. The first kappa shape index (κ1) is 14.6. The van der Waals surface area contributed by atoms with E-state index in [1.165, 1.54) is 17.4 Å². The topological polar surface area (TPSA) is 118 Å². The van der Waals surface area contributed by atoms with E-state index >= 15 is 0 Å². The van der Waals surface area contributed by atoms with Crippen LogP contribution in [-0.4, -0.2) is 34.8 Å². The minimum absolute atomic E-state index is 0.238. The fourth-order valence-electron chi connectivity index (χ4n) is 1.80. The lowest BCUT2D eigenvalue weighted by molar-refractivity contribution is 0.602. The second kappa shape index (κ2) is 5.14. The van der Waals surface area contributed by atoms with Gasteiger partial charge in [0.25, 0.3) is 0 Å². The summed E-state index contributed by atoms with van der Waals surface area (Å²) in [4.78, 5) is 19.6. The zero-order valence-corrected chi connectivity index (χ0v) is 13.2. The van der Waals surface area contributed by atoms with E-state index in [1.807, 2.05) is 0 Å². The van der Waals surface area contributed by atoms with E-state index in [9.17, 15) is 13.2 Å². The Balaban J connectivity index is 2.02. The number of thiazole rings is 1. The van der Waals surface area contributed by atoms with E-state index in [0.717, 1.165) is 11.0 Å². The van der Waals surface area contributed by atoms with E-state index in [-0.39, 0.29) is 4.90 Å². The molecule has 22 heavy (non-hydrogen) atoms. The second-order valence-corrected chi connectivity index (χ2v) is 7.67. The van der Waals surface area contributed by atoms with E-state index in [4.69, 9.17) is 0 Å². The zero-order chi connectivity index (χ0) is 15.9. The molecule has 0 atom stereocenters. The number of sulfone groups is 1. The number of anilines is 2. The van der Waals surface area contributed by atoms with Crippen LogP contribution in [0.4, 0.5) is 10.9 Å². The molecule has 8 nitrogen and oxygen atoms in total. The lowest BCUT2D eigenvalue weighted by Crippen LogP contribution is -2.15. The molecule has 2 aromatic heterocycles. The van der Waals surface area contributed by atoms with Crippen molar-refractivity contribution in [3.63, 3.8) is 0 Å². The molecule has 114 valence electrons. The normalized spacial score (nSPS) is 11.7. The molecule has 0 aliphatic rings. The van der Waals surface area contributed by atoms with Gasteiger partial charge in [-0.2, -0.15) is 10.1 Å². The van der Waals surface area contributed by atoms with E-state index < -0.39 is 15.5 Å².